The number of nitrogens with one attached hydrogen (secondary N) is 1. The third-order valence-corrected chi connectivity index (χ3v) is 4.18. The lowest BCUT2D eigenvalue weighted by Gasteiger charge is -2.37. The van der Waals surface area contributed by atoms with Crippen molar-refractivity contribution in [3.63, 3.8) is 0 Å². The number of pyridine rings is 1. The number of furan rings is 1. The van der Waals surface area contributed by atoms with Crippen LogP contribution in [0, 0.1) is 0 Å². The smallest absolute Gasteiger partial charge is 0.284 e. The highest BCUT2D eigenvalue weighted by molar-refractivity contribution is 14.0. The maximum atomic E-state index is 11.1. The second-order valence-corrected chi connectivity index (χ2v) is 5.96. The van der Waals surface area contributed by atoms with E-state index in [-0.39, 0.29) is 29.7 Å². The summed E-state index contributed by atoms with van der Waals surface area (Å²) >= 11 is 0. The van der Waals surface area contributed by atoms with Crippen LogP contribution in [-0.2, 0) is 6.54 Å². The van der Waals surface area contributed by atoms with Crippen LogP contribution in [0.3, 0.4) is 0 Å². The molecule has 1 aliphatic heterocycles. The Labute approximate surface area is 175 Å². The first kappa shape index (κ1) is 21.0. The summed E-state index contributed by atoms with van der Waals surface area (Å²) < 4.78 is 5.39. The van der Waals surface area contributed by atoms with Gasteiger partial charge in [-0.1, -0.05) is 6.07 Å². The van der Waals surface area contributed by atoms with E-state index in [4.69, 9.17) is 10.2 Å². The van der Waals surface area contributed by atoms with Crippen molar-refractivity contribution in [2.45, 2.75) is 13.5 Å². The lowest BCUT2D eigenvalue weighted by atomic mass is 10.3. The molecule has 0 aliphatic carbocycles. The second kappa shape index (κ2) is 10.1. The molecule has 1 saturated heterocycles. The third-order valence-electron chi connectivity index (χ3n) is 4.18. The van der Waals surface area contributed by atoms with Gasteiger partial charge in [-0.15, -0.1) is 24.0 Å². The third kappa shape index (κ3) is 5.59. The molecule has 1 amide bonds. The van der Waals surface area contributed by atoms with Crippen LogP contribution in [-0.4, -0.2) is 54.5 Å². The van der Waals surface area contributed by atoms with Gasteiger partial charge in [-0.05, 0) is 31.2 Å². The number of carbonyl (C=O) groups excluding carboxylic acids is 1. The molecular formula is C18H25IN6O2. The molecule has 2 aromatic rings. The van der Waals surface area contributed by atoms with E-state index in [0.717, 1.165) is 44.5 Å². The number of primary amides is 1. The molecular weight excluding hydrogens is 459 g/mol. The average Bonchev–Trinajstić information content (AvgIpc) is 3.15. The highest BCUT2D eigenvalue weighted by Gasteiger charge is 2.20. The number of halogens is 1. The Kier molecular flexibility index (Phi) is 7.89. The summed E-state index contributed by atoms with van der Waals surface area (Å²) in [5.74, 6) is 2.04. The SMILES string of the molecule is CCNC(=NCc1ccc(C(N)=O)o1)N1CCN(c2ccccn2)CC1.I. The molecule has 0 atom stereocenters. The number of carbonyl (C=O) groups is 1. The molecule has 0 bridgehead atoms. The number of hydrogen-bond donors (Lipinski definition) is 2. The van der Waals surface area contributed by atoms with E-state index in [1.165, 1.54) is 0 Å². The summed E-state index contributed by atoms with van der Waals surface area (Å²) in [6, 6.07) is 9.26. The van der Waals surface area contributed by atoms with Gasteiger partial charge in [0.2, 0.25) is 0 Å². The zero-order valence-corrected chi connectivity index (χ0v) is 17.6. The molecule has 0 aromatic carbocycles. The van der Waals surface area contributed by atoms with E-state index in [1.807, 2.05) is 31.3 Å². The zero-order valence-electron chi connectivity index (χ0n) is 15.3. The Balaban J connectivity index is 0.00000261. The van der Waals surface area contributed by atoms with Crippen LogP contribution in [0.5, 0.6) is 0 Å². The van der Waals surface area contributed by atoms with E-state index >= 15 is 0 Å². The van der Waals surface area contributed by atoms with Crippen molar-refractivity contribution in [1.82, 2.24) is 15.2 Å². The van der Waals surface area contributed by atoms with Crippen molar-refractivity contribution in [2.24, 2.45) is 10.7 Å². The fraction of sp³-hybridized carbons (Fsp3) is 0.389. The summed E-state index contributed by atoms with van der Waals surface area (Å²) in [6.07, 6.45) is 1.82. The van der Waals surface area contributed by atoms with Gasteiger partial charge in [0, 0.05) is 38.9 Å². The molecule has 0 unspecified atom stereocenters. The predicted octanol–water partition coefficient (Wildman–Crippen LogP) is 1.68. The molecule has 0 spiro atoms. The number of anilines is 1. The summed E-state index contributed by atoms with van der Waals surface area (Å²) in [5.41, 5.74) is 5.21. The molecule has 27 heavy (non-hydrogen) atoms. The fourth-order valence-corrected chi connectivity index (χ4v) is 2.86. The highest BCUT2D eigenvalue weighted by Crippen LogP contribution is 2.13. The van der Waals surface area contributed by atoms with Crippen molar-refractivity contribution >= 4 is 41.7 Å². The maximum absolute atomic E-state index is 11.1. The van der Waals surface area contributed by atoms with Gasteiger partial charge in [0.1, 0.15) is 18.1 Å². The molecule has 3 heterocycles. The molecule has 1 fully saturated rings. The molecule has 0 saturated carbocycles. The van der Waals surface area contributed by atoms with Gasteiger partial charge < -0.3 is 25.3 Å². The predicted molar refractivity (Wildman–Crippen MR) is 115 cm³/mol. The number of piperazine rings is 1. The molecule has 9 heteroatoms. The number of guanidine groups is 1. The van der Waals surface area contributed by atoms with Gasteiger partial charge in [-0.2, -0.15) is 0 Å². The van der Waals surface area contributed by atoms with E-state index in [2.05, 4.69) is 25.1 Å². The second-order valence-electron chi connectivity index (χ2n) is 5.96. The lowest BCUT2D eigenvalue weighted by molar-refractivity contribution is 0.0972. The topological polar surface area (TPSA) is 100.0 Å². The van der Waals surface area contributed by atoms with E-state index in [0.29, 0.717) is 12.3 Å². The Morgan fingerprint density at radius 2 is 2.04 bits per heavy atom. The number of rotatable bonds is 5. The molecule has 3 N–H and O–H groups in total. The minimum absolute atomic E-state index is 0. The average molecular weight is 484 g/mol. The molecule has 1 aliphatic rings. The van der Waals surface area contributed by atoms with Crippen molar-refractivity contribution in [2.75, 3.05) is 37.6 Å². The Hall–Kier alpha value is -2.30. The summed E-state index contributed by atoms with van der Waals surface area (Å²) in [5, 5.41) is 3.32. The largest absolute Gasteiger partial charge is 0.454 e. The van der Waals surface area contributed by atoms with E-state index < -0.39 is 5.91 Å². The minimum atomic E-state index is -0.572. The first-order valence-corrected chi connectivity index (χ1v) is 8.75. The van der Waals surface area contributed by atoms with Crippen molar-refractivity contribution in [1.29, 1.82) is 0 Å². The molecule has 146 valence electrons. The van der Waals surface area contributed by atoms with Crippen LogP contribution in [0.2, 0.25) is 0 Å². The molecule has 0 radical (unpaired) electrons. The normalized spacial score (nSPS) is 14.6. The van der Waals surface area contributed by atoms with Crippen molar-refractivity contribution < 1.29 is 9.21 Å². The van der Waals surface area contributed by atoms with Crippen molar-refractivity contribution in [3.8, 4) is 0 Å². The van der Waals surface area contributed by atoms with Gasteiger partial charge >= 0.3 is 0 Å². The van der Waals surface area contributed by atoms with E-state index in [1.54, 1.807) is 12.1 Å². The van der Waals surface area contributed by atoms with Gasteiger partial charge in [0.15, 0.2) is 11.7 Å². The Morgan fingerprint density at radius 1 is 1.26 bits per heavy atom. The van der Waals surface area contributed by atoms with Crippen molar-refractivity contribution in [3.05, 3.63) is 48.0 Å². The number of aromatic nitrogens is 1. The molecule has 8 nitrogen and oxygen atoms in total. The van der Waals surface area contributed by atoms with Crippen LogP contribution in [0.25, 0.3) is 0 Å². The van der Waals surface area contributed by atoms with Crippen LogP contribution in [0.4, 0.5) is 5.82 Å². The van der Waals surface area contributed by atoms with Gasteiger partial charge in [0.05, 0.1) is 0 Å². The standard InChI is InChI=1S/C18H24N6O2.HI/c1-2-20-18(22-13-14-6-7-15(26-14)17(19)25)24-11-9-23(10-12-24)16-5-3-4-8-21-16;/h3-8H,2,9-13H2,1H3,(H2,19,25)(H,20,22);1H. The lowest BCUT2D eigenvalue weighted by Crippen LogP contribution is -2.52. The monoisotopic (exact) mass is 484 g/mol. The zero-order chi connectivity index (χ0) is 18.4. The number of hydrogen-bond acceptors (Lipinski definition) is 5. The van der Waals surface area contributed by atoms with Crippen LogP contribution >= 0.6 is 24.0 Å². The first-order valence-electron chi connectivity index (χ1n) is 8.75. The van der Waals surface area contributed by atoms with Gasteiger partial charge in [-0.3, -0.25) is 4.79 Å². The summed E-state index contributed by atoms with van der Waals surface area (Å²) in [7, 11) is 0. The van der Waals surface area contributed by atoms with Gasteiger partial charge in [0.25, 0.3) is 5.91 Å². The quantitative estimate of drug-likeness (QED) is 0.381. The van der Waals surface area contributed by atoms with Gasteiger partial charge in [-0.25, -0.2) is 9.98 Å². The van der Waals surface area contributed by atoms with Crippen LogP contribution in [0.15, 0.2) is 45.9 Å². The number of nitrogens with zero attached hydrogens (tertiary/aromatic N) is 4. The Bertz CT molecular complexity index is 756. The number of nitrogens with two attached hydrogens (primary N) is 1. The number of aliphatic imine (C=N–C) groups is 1. The summed E-state index contributed by atoms with van der Waals surface area (Å²) in [4.78, 5) is 24.6. The first-order chi connectivity index (χ1) is 12.7. The molecule has 3 rings (SSSR count). The van der Waals surface area contributed by atoms with E-state index in [9.17, 15) is 4.79 Å². The summed E-state index contributed by atoms with van der Waals surface area (Å²) in [6.45, 7) is 6.65. The highest BCUT2D eigenvalue weighted by atomic mass is 127. The Morgan fingerprint density at radius 3 is 2.63 bits per heavy atom. The fourth-order valence-electron chi connectivity index (χ4n) is 2.86. The maximum Gasteiger partial charge on any atom is 0.284 e. The minimum Gasteiger partial charge on any atom is -0.454 e. The number of amides is 1. The van der Waals surface area contributed by atoms with Crippen LogP contribution < -0.4 is 16.0 Å². The van der Waals surface area contributed by atoms with Crippen LogP contribution in [0.1, 0.15) is 23.2 Å². The molecule has 2 aromatic heterocycles.